The van der Waals surface area contributed by atoms with Crippen LogP contribution in [0.25, 0.3) is 0 Å². The summed E-state index contributed by atoms with van der Waals surface area (Å²) in [5, 5.41) is 1.54. The van der Waals surface area contributed by atoms with E-state index < -0.39 is 0 Å². The molecule has 0 aliphatic carbocycles. The van der Waals surface area contributed by atoms with Gasteiger partial charge in [-0.1, -0.05) is 36.4 Å². The number of hydrogen-bond donors (Lipinski definition) is 0. The molecule has 0 fully saturated rings. The van der Waals surface area contributed by atoms with Gasteiger partial charge in [-0.05, 0) is 20.0 Å². The Morgan fingerprint density at radius 3 is 1.03 bits per heavy atom. The summed E-state index contributed by atoms with van der Waals surface area (Å²) in [6, 6.07) is 16.9. The van der Waals surface area contributed by atoms with Gasteiger partial charge >= 0.3 is 137 Å². The van der Waals surface area contributed by atoms with E-state index in [0.717, 1.165) is 0 Å². The molecule has 0 saturated carbocycles. The van der Waals surface area contributed by atoms with Crippen LogP contribution in [-0.2, 0) is 33.9 Å². The molecule has 0 aliphatic rings. The molecule has 0 saturated heterocycles. The zero-order valence-corrected chi connectivity index (χ0v) is 25.7. The van der Waals surface area contributed by atoms with Crippen molar-refractivity contribution in [2.45, 2.75) is 78.6 Å². The summed E-state index contributed by atoms with van der Waals surface area (Å²) in [5.74, 6) is 0. The van der Waals surface area contributed by atoms with Gasteiger partial charge in [-0.25, -0.2) is 0 Å². The van der Waals surface area contributed by atoms with Gasteiger partial charge in [0.1, 0.15) is 0 Å². The Morgan fingerprint density at radius 1 is 0.600 bits per heavy atom. The van der Waals surface area contributed by atoms with Crippen LogP contribution in [0.5, 0.6) is 0 Å². The molecule has 0 aromatic heterocycles. The number of rotatable bonds is 1. The van der Waals surface area contributed by atoms with Gasteiger partial charge in [-0.2, -0.15) is 0 Å². The van der Waals surface area contributed by atoms with Gasteiger partial charge < -0.3 is 0 Å². The Hall–Kier alpha value is -0.194. The van der Waals surface area contributed by atoms with Gasteiger partial charge in [0.15, 0.2) is 0 Å². The molecular weight excluding hydrogens is 576 g/mol. The number of benzene rings is 2. The van der Waals surface area contributed by atoms with Crippen molar-refractivity contribution in [3.63, 3.8) is 0 Å². The van der Waals surface area contributed by atoms with Gasteiger partial charge in [0.2, 0.25) is 0 Å². The van der Waals surface area contributed by atoms with Gasteiger partial charge in [0.05, 0.1) is 0 Å². The van der Waals surface area contributed by atoms with Crippen LogP contribution in [0.4, 0.5) is 0 Å². The van der Waals surface area contributed by atoms with Crippen molar-refractivity contribution in [1.82, 2.24) is 0 Å². The minimum atomic E-state index is 0.198. The third-order valence-electron chi connectivity index (χ3n) is 4.34. The van der Waals surface area contributed by atoms with E-state index >= 15 is 0 Å². The Labute approximate surface area is 200 Å². The van der Waals surface area contributed by atoms with Crippen LogP contribution in [-0.4, -0.2) is 20.0 Å². The molecule has 3 heteroatoms. The first kappa shape index (κ1) is 29.8. The molecule has 0 aliphatic heterocycles. The predicted molar refractivity (Wildman–Crippen MR) is 140 cm³/mol. The van der Waals surface area contributed by atoms with E-state index in [9.17, 15) is 0 Å². The second-order valence-electron chi connectivity index (χ2n) is 11.2. The van der Waals surface area contributed by atoms with E-state index in [2.05, 4.69) is 94.4 Å². The summed E-state index contributed by atoms with van der Waals surface area (Å²) >= 11 is 2.05. The Morgan fingerprint density at radius 2 is 0.867 bits per heavy atom. The Kier molecular flexibility index (Phi) is 12.7. The van der Waals surface area contributed by atoms with Crippen molar-refractivity contribution < 1.29 is 17.6 Å². The molecule has 0 N–H and O–H groups in total. The summed E-state index contributed by atoms with van der Waals surface area (Å²) in [6.45, 7) is 27.6. The minimum absolute atomic E-state index is 0.198. The average molecular weight is 621 g/mol. The standard InChI is InChI=1S/C18H29P.C6H6.C3H9P.Os/c1-16(2,3)12-10-13(17(4,5)6)15(19)14(11-12)18(7,8)9;1-2-4-6-5-3-1;1-4(2)3;/h10-11H,1-9H3;1-6H;1-3H3;. The summed E-state index contributed by atoms with van der Waals surface area (Å²) in [5.41, 5.74) is 5.10. The zero-order valence-electron chi connectivity index (χ0n) is 21.4. The minimum Gasteiger partial charge on any atom is -0.116 e. The van der Waals surface area contributed by atoms with Crippen LogP contribution in [0.2, 0.25) is 0 Å². The normalized spacial score (nSPS) is 12.1. The predicted octanol–water partition coefficient (Wildman–Crippen LogP) is 8.66. The van der Waals surface area contributed by atoms with Crippen molar-refractivity contribution in [2.75, 3.05) is 20.0 Å². The molecule has 0 heterocycles. The van der Waals surface area contributed by atoms with Crippen molar-refractivity contribution in [3.05, 3.63) is 65.2 Å². The maximum Gasteiger partial charge on any atom is -0.0449 e. The van der Waals surface area contributed by atoms with E-state index in [1.807, 2.05) is 54.0 Å². The van der Waals surface area contributed by atoms with Crippen LogP contribution in [0.3, 0.4) is 0 Å². The Balaban J connectivity index is 0.000000686. The maximum absolute atomic E-state index is 2.45. The van der Waals surface area contributed by atoms with Crippen molar-refractivity contribution in [3.8, 4) is 0 Å². The van der Waals surface area contributed by atoms with E-state index in [4.69, 9.17) is 0 Å². The van der Waals surface area contributed by atoms with Crippen molar-refractivity contribution in [1.29, 1.82) is 0 Å². The summed E-state index contributed by atoms with van der Waals surface area (Å²) in [6.07, 6.45) is 1.40. The molecule has 170 valence electrons. The molecule has 2 rings (SSSR count). The smallest absolute Gasteiger partial charge is 0.0449 e. The van der Waals surface area contributed by atoms with E-state index in [0.29, 0.717) is 7.92 Å². The Bertz CT molecular complexity index is 694. The van der Waals surface area contributed by atoms with Gasteiger partial charge in [0.25, 0.3) is 0 Å². The number of hydrogen-bond acceptors (Lipinski definition) is 0. The molecule has 0 bridgehead atoms. The quantitative estimate of drug-likeness (QED) is 0.280. The molecule has 0 amide bonds. The molecule has 0 radical (unpaired) electrons. The first-order valence-corrected chi connectivity index (χ1v) is 17.5. The fourth-order valence-corrected chi connectivity index (χ4v) is 5.49. The van der Waals surface area contributed by atoms with Crippen LogP contribution in [0, 0.1) is 0 Å². The third-order valence-corrected chi connectivity index (χ3v) is 6.68. The molecule has 0 nitrogen and oxygen atoms in total. The fraction of sp³-hybridized carbons (Fsp3) is 0.556. The van der Waals surface area contributed by atoms with E-state index in [-0.39, 0.29) is 16.2 Å². The molecule has 0 atom stereocenters. The summed E-state index contributed by atoms with van der Waals surface area (Å²) < 4.78 is 0. The molecule has 30 heavy (non-hydrogen) atoms. The zero-order chi connectivity index (χ0) is 23.8. The second-order valence-corrected chi connectivity index (χ2v) is 16.2. The van der Waals surface area contributed by atoms with Crippen LogP contribution < -0.4 is 5.30 Å². The van der Waals surface area contributed by atoms with Crippen LogP contribution in [0.15, 0.2) is 48.5 Å². The first-order chi connectivity index (χ1) is 13.5. The van der Waals surface area contributed by atoms with E-state index in [1.165, 1.54) is 28.4 Å². The molecule has 2 aromatic rings. The van der Waals surface area contributed by atoms with Crippen LogP contribution >= 0.6 is 14.3 Å². The van der Waals surface area contributed by atoms with Gasteiger partial charge in [-0.3, -0.25) is 0 Å². The molecular formula is C27H44OsP2. The van der Waals surface area contributed by atoms with Gasteiger partial charge in [-0.15, -0.1) is 7.92 Å². The van der Waals surface area contributed by atoms with Gasteiger partial charge in [0, 0.05) is 0 Å². The summed E-state index contributed by atoms with van der Waals surface area (Å²) in [4.78, 5) is 0. The first-order valence-electron chi connectivity index (χ1n) is 10.6. The van der Waals surface area contributed by atoms with Crippen LogP contribution in [0.1, 0.15) is 79.0 Å². The SMILES string of the molecule is CC(C)(C)c1cc(C(C)(C)C)c([P]=[Os])c(C(C)(C)C)c1.CP(C)C.c1ccccc1. The second kappa shape index (κ2) is 12.7. The topological polar surface area (TPSA) is 0 Å². The van der Waals surface area contributed by atoms with Crippen molar-refractivity contribution in [2.24, 2.45) is 0 Å². The largest absolute Gasteiger partial charge is 0.116 e. The monoisotopic (exact) mass is 622 g/mol. The third kappa shape index (κ3) is 11.4. The molecule has 2 aromatic carbocycles. The van der Waals surface area contributed by atoms with E-state index in [1.54, 1.807) is 0 Å². The fourth-order valence-electron chi connectivity index (χ4n) is 2.68. The molecule has 0 unspecified atom stereocenters. The maximum atomic E-state index is 2.45. The summed E-state index contributed by atoms with van der Waals surface area (Å²) in [7, 11) is 0.380. The molecule has 0 spiro atoms. The van der Waals surface area contributed by atoms with Crippen molar-refractivity contribution >= 4 is 19.6 Å². The average Bonchev–Trinajstić information content (AvgIpc) is 2.59.